The summed E-state index contributed by atoms with van der Waals surface area (Å²) < 4.78 is 19.4. The molecule has 0 aliphatic heterocycles. The molecule has 1 N–H and O–H groups in total. The molecule has 0 heterocycles. The lowest BCUT2D eigenvalue weighted by Gasteiger charge is -2.07. The Morgan fingerprint density at radius 1 is 1.30 bits per heavy atom. The number of ether oxygens (including phenoxy) is 1. The van der Waals surface area contributed by atoms with Crippen molar-refractivity contribution in [1.82, 2.24) is 5.43 Å². The highest BCUT2D eigenvalue weighted by Gasteiger charge is 2.06. The topological polar surface area (TPSA) is 50.7 Å². The SMILES string of the molecule is O=C(COc1ccc(Cl)cc1Cl)N/N=C/c1cc(Br)ccc1F. The second kappa shape index (κ2) is 8.29. The van der Waals surface area contributed by atoms with Gasteiger partial charge in [0.15, 0.2) is 6.61 Å². The van der Waals surface area contributed by atoms with E-state index >= 15 is 0 Å². The fourth-order valence-corrected chi connectivity index (χ4v) is 2.40. The number of carbonyl (C=O) groups is 1. The molecule has 120 valence electrons. The molecular formula is C15H10BrCl2FN2O2. The van der Waals surface area contributed by atoms with Crippen LogP contribution in [0.2, 0.25) is 10.0 Å². The predicted molar refractivity (Wildman–Crippen MR) is 91.8 cm³/mol. The molecule has 8 heteroatoms. The van der Waals surface area contributed by atoms with Crippen molar-refractivity contribution >= 4 is 51.3 Å². The fraction of sp³-hybridized carbons (Fsp3) is 0.0667. The lowest BCUT2D eigenvalue weighted by molar-refractivity contribution is -0.123. The summed E-state index contributed by atoms with van der Waals surface area (Å²) in [6, 6.07) is 9.04. The third-order valence-corrected chi connectivity index (χ3v) is 3.63. The van der Waals surface area contributed by atoms with E-state index in [0.29, 0.717) is 20.3 Å². The molecule has 0 radical (unpaired) electrons. The van der Waals surface area contributed by atoms with Crippen LogP contribution in [0.5, 0.6) is 5.75 Å². The Morgan fingerprint density at radius 3 is 2.83 bits per heavy atom. The number of benzene rings is 2. The number of hydrogen-bond acceptors (Lipinski definition) is 3. The summed E-state index contributed by atoms with van der Waals surface area (Å²) in [5.41, 5.74) is 2.47. The zero-order chi connectivity index (χ0) is 16.8. The first-order valence-corrected chi connectivity index (χ1v) is 7.85. The van der Waals surface area contributed by atoms with Crippen molar-refractivity contribution in [2.24, 2.45) is 5.10 Å². The number of nitrogens with zero attached hydrogens (tertiary/aromatic N) is 1. The number of rotatable bonds is 5. The summed E-state index contributed by atoms with van der Waals surface area (Å²) in [7, 11) is 0. The van der Waals surface area contributed by atoms with Crippen LogP contribution in [-0.2, 0) is 4.79 Å². The molecule has 1 amide bonds. The number of halogens is 4. The van der Waals surface area contributed by atoms with E-state index in [4.69, 9.17) is 27.9 Å². The molecule has 0 bridgehead atoms. The highest BCUT2D eigenvalue weighted by Crippen LogP contribution is 2.27. The van der Waals surface area contributed by atoms with Gasteiger partial charge in [-0.2, -0.15) is 5.10 Å². The highest BCUT2D eigenvalue weighted by molar-refractivity contribution is 9.10. The van der Waals surface area contributed by atoms with E-state index in [9.17, 15) is 9.18 Å². The Kier molecular flexibility index (Phi) is 6.38. The quantitative estimate of drug-likeness (QED) is 0.575. The van der Waals surface area contributed by atoms with Crippen molar-refractivity contribution in [1.29, 1.82) is 0 Å². The van der Waals surface area contributed by atoms with Crippen LogP contribution in [0.4, 0.5) is 4.39 Å². The van der Waals surface area contributed by atoms with E-state index in [1.807, 2.05) is 0 Å². The molecule has 0 unspecified atom stereocenters. The van der Waals surface area contributed by atoms with Crippen molar-refractivity contribution in [3.63, 3.8) is 0 Å². The molecule has 0 aliphatic rings. The van der Waals surface area contributed by atoms with Crippen molar-refractivity contribution in [3.05, 3.63) is 62.3 Å². The molecule has 0 spiro atoms. The van der Waals surface area contributed by atoms with Gasteiger partial charge >= 0.3 is 0 Å². The van der Waals surface area contributed by atoms with Gasteiger partial charge in [-0.25, -0.2) is 9.82 Å². The maximum atomic E-state index is 13.5. The Hall–Kier alpha value is -1.63. The summed E-state index contributed by atoms with van der Waals surface area (Å²) in [6.07, 6.45) is 1.20. The molecule has 23 heavy (non-hydrogen) atoms. The first-order valence-electron chi connectivity index (χ1n) is 6.30. The largest absolute Gasteiger partial charge is 0.482 e. The van der Waals surface area contributed by atoms with E-state index < -0.39 is 11.7 Å². The van der Waals surface area contributed by atoms with Gasteiger partial charge in [0.2, 0.25) is 0 Å². The van der Waals surface area contributed by atoms with Crippen molar-refractivity contribution in [2.75, 3.05) is 6.61 Å². The molecule has 2 aromatic carbocycles. The van der Waals surface area contributed by atoms with Crippen molar-refractivity contribution < 1.29 is 13.9 Å². The number of amides is 1. The van der Waals surface area contributed by atoms with Gasteiger partial charge in [-0.1, -0.05) is 39.1 Å². The first kappa shape index (κ1) is 17.7. The van der Waals surface area contributed by atoms with E-state index in [0.717, 1.165) is 0 Å². The number of hydrogen-bond donors (Lipinski definition) is 1. The molecule has 2 rings (SSSR count). The average Bonchev–Trinajstić information content (AvgIpc) is 2.50. The lowest BCUT2D eigenvalue weighted by atomic mass is 10.2. The zero-order valence-corrected chi connectivity index (χ0v) is 14.6. The zero-order valence-electron chi connectivity index (χ0n) is 11.5. The summed E-state index contributed by atoms with van der Waals surface area (Å²) in [4.78, 5) is 11.6. The lowest BCUT2D eigenvalue weighted by Crippen LogP contribution is -2.24. The van der Waals surface area contributed by atoms with E-state index in [2.05, 4.69) is 26.5 Å². The second-order valence-corrected chi connectivity index (χ2v) is 6.08. The van der Waals surface area contributed by atoms with Crippen LogP contribution in [0, 0.1) is 5.82 Å². The fourth-order valence-electron chi connectivity index (χ4n) is 1.56. The van der Waals surface area contributed by atoms with Crippen LogP contribution in [0.1, 0.15) is 5.56 Å². The van der Waals surface area contributed by atoms with Crippen LogP contribution in [0.3, 0.4) is 0 Å². The third-order valence-electron chi connectivity index (χ3n) is 2.60. The van der Waals surface area contributed by atoms with Crippen LogP contribution >= 0.6 is 39.1 Å². The van der Waals surface area contributed by atoms with Crippen LogP contribution in [-0.4, -0.2) is 18.7 Å². The van der Waals surface area contributed by atoms with Gasteiger partial charge in [0.1, 0.15) is 11.6 Å². The Balaban J connectivity index is 1.87. The molecule has 0 atom stereocenters. The Morgan fingerprint density at radius 2 is 2.09 bits per heavy atom. The second-order valence-electron chi connectivity index (χ2n) is 4.32. The molecule has 0 saturated heterocycles. The molecule has 2 aromatic rings. The molecule has 0 aliphatic carbocycles. The van der Waals surface area contributed by atoms with Crippen molar-refractivity contribution in [2.45, 2.75) is 0 Å². The average molecular weight is 420 g/mol. The number of nitrogens with one attached hydrogen (secondary N) is 1. The molecule has 0 saturated carbocycles. The summed E-state index contributed by atoms with van der Waals surface area (Å²) >= 11 is 14.9. The van der Waals surface area contributed by atoms with E-state index in [1.165, 1.54) is 24.4 Å². The standard InChI is InChI=1S/C15H10BrCl2FN2O2/c16-10-1-3-13(19)9(5-10)7-20-21-15(22)8-23-14-4-2-11(17)6-12(14)18/h1-7H,8H2,(H,21,22)/b20-7+. The van der Waals surface area contributed by atoms with E-state index in [-0.39, 0.29) is 12.2 Å². The summed E-state index contributed by atoms with van der Waals surface area (Å²) in [5, 5.41) is 4.43. The van der Waals surface area contributed by atoms with Gasteiger partial charge in [0, 0.05) is 15.1 Å². The molecule has 4 nitrogen and oxygen atoms in total. The smallest absolute Gasteiger partial charge is 0.277 e. The number of carbonyl (C=O) groups excluding carboxylic acids is 1. The summed E-state index contributed by atoms with van der Waals surface area (Å²) in [6.45, 7) is -0.292. The Labute approximate surface area is 150 Å². The maximum absolute atomic E-state index is 13.5. The van der Waals surface area contributed by atoms with Gasteiger partial charge in [0.05, 0.1) is 11.2 Å². The van der Waals surface area contributed by atoms with Crippen LogP contribution < -0.4 is 10.2 Å². The van der Waals surface area contributed by atoms with Gasteiger partial charge in [-0.3, -0.25) is 4.79 Å². The summed E-state index contributed by atoms with van der Waals surface area (Å²) in [5.74, 6) is -0.633. The Bertz CT molecular complexity index is 756. The van der Waals surface area contributed by atoms with Crippen molar-refractivity contribution in [3.8, 4) is 5.75 Å². The molecule has 0 aromatic heterocycles. The van der Waals surface area contributed by atoms with E-state index in [1.54, 1.807) is 18.2 Å². The first-order chi connectivity index (χ1) is 11.0. The van der Waals surface area contributed by atoms with Gasteiger partial charge in [-0.15, -0.1) is 0 Å². The minimum absolute atomic E-state index is 0.237. The predicted octanol–water partition coefficient (Wildman–Crippen LogP) is 4.42. The molecule has 0 fully saturated rings. The minimum Gasteiger partial charge on any atom is -0.482 e. The maximum Gasteiger partial charge on any atom is 0.277 e. The monoisotopic (exact) mass is 418 g/mol. The van der Waals surface area contributed by atoms with Crippen LogP contribution in [0.15, 0.2) is 46.0 Å². The van der Waals surface area contributed by atoms with Crippen LogP contribution in [0.25, 0.3) is 0 Å². The number of hydrazone groups is 1. The molecular weight excluding hydrogens is 410 g/mol. The minimum atomic E-state index is -0.511. The van der Waals surface area contributed by atoms with Gasteiger partial charge < -0.3 is 4.74 Å². The van der Waals surface area contributed by atoms with Gasteiger partial charge in [-0.05, 0) is 36.4 Å². The normalized spacial score (nSPS) is 10.8. The third kappa shape index (κ3) is 5.49. The van der Waals surface area contributed by atoms with Gasteiger partial charge in [0.25, 0.3) is 5.91 Å². The highest BCUT2D eigenvalue weighted by atomic mass is 79.9.